The highest BCUT2D eigenvalue weighted by Crippen LogP contribution is 2.22. The zero-order valence-corrected chi connectivity index (χ0v) is 13.3. The highest BCUT2D eigenvalue weighted by molar-refractivity contribution is 5.61. The van der Waals surface area contributed by atoms with Gasteiger partial charge in [0.15, 0.2) is 0 Å². The molecule has 0 saturated heterocycles. The van der Waals surface area contributed by atoms with Crippen LogP contribution in [0.1, 0.15) is 30.5 Å². The summed E-state index contributed by atoms with van der Waals surface area (Å²) in [6, 6.07) is 10.4. The van der Waals surface area contributed by atoms with E-state index in [4.69, 9.17) is 5.73 Å². The number of hydrogen-bond acceptors (Lipinski definition) is 2. The predicted octanol–water partition coefficient (Wildman–Crippen LogP) is 3.25. The Morgan fingerprint density at radius 2 is 1.76 bits per heavy atom. The van der Waals surface area contributed by atoms with Crippen LogP contribution in [0.25, 0.3) is 11.3 Å². The molecule has 3 heteroatoms. The first-order valence-corrected chi connectivity index (χ1v) is 7.44. The molecule has 0 fully saturated rings. The van der Waals surface area contributed by atoms with E-state index in [1.807, 2.05) is 11.5 Å². The Bertz CT molecular complexity index is 682. The Morgan fingerprint density at radius 1 is 1.14 bits per heavy atom. The number of hydrogen-bond donors (Lipinski definition) is 1. The predicted molar refractivity (Wildman–Crippen MR) is 88.3 cm³/mol. The lowest BCUT2D eigenvalue weighted by molar-refractivity contribution is 0.512. The van der Waals surface area contributed by atoms with E-state index in [2.05, 4.69) is 51.1 Å². The fourth-order valence-electron chi connectivity index (χ4n) is 2.57. The molecule has 0 bridgehead atoms. The molecule has 3 nitrogen and oxygen atoms in total. The van der Waals surface area contributed by atoms with Crippen molar-refractivity contribution in [2.24, 2.45) is 11.7 Å². The van der Waals surface area contributed by atoms with Crippen LogP contribution >= 0.6 is 0 Å². The van der Waals surface area contributed by atoms with Crippen molar-refractivity contribution in [2.75, 3.05) is 0 Å². The SMILES string of the molecule is Cc1ccc(-c2cc(C)c(CN)c(=O)n2CC(C)C)cc1. The molecule has 2 rings (SSSR count). The van der Waals surface area contributed by atoms with Gasteiger partial charge in [-0.05, 0) is 37.0 Å². The van der Waals surface area contributed by atoms with Crippen LogP contribution in [0.3, 0.4) is 0 Å². The van der Waals surface area contributed by atoms with Crippen molar-refractivity contribution in [3.63, 3.8) is 0 Å². The Kier molecular flexibility index (Phi) is 4.63. The first kappa shape index (κ1) is 15.5. The summed E-state index contributed by atoms with van der Waals surface area (Å²) < 4.78 is 1.87. The van der Waals surface area contributed by atoms with Crippen molar-refractivity contribution in [1.82, 2.24) is 4.57 Å². The third-order valence-electron chi connectivity index (χ3n) is 3.72. The van der Waals surface area contributed by atoms with Gasteiger partial charge in [-0.3, -0.25) is 4.79 Å². The number of aryl methyl sites for hydroxylation is 2. The lowest BCUT2D eigenvalue weighted by Crippen LogP contribution is -2.29. The van der Waals surface area contributed by atoms with Crippen molar-refractivity contribution in [3.05, 3.63) is 57.4 Å². The minimum atomic E-state index is 0.0433. The summed E-state index contributed by atoms with van der Waals surface area (Å²) in [5.41, 5.74) is 10.7. The summed E-state index contributed by atoms with van der Waals surface area (Å²) in [6.45, 7) is 9.25. The molecule has 2 N–H and O–H groups in total. The smallest absolute Gasteiger partial charge is 0.255 e. The molecule has 0 radical (unpaired) electrons. The largest absolute Gasteiger partial charge is 0.326 e. The van der Waals surface area contributed by atoms with Gasteiger partial charge in [0.2, 0.25) is 0 Å². The van der Waals surface area contributed by atoms with Crippen molar-refractivity contribution in [2.45, 2.75) is 40.8 Å². The lowest BCUT2D eigenvalue weighted by Gasteiger charge is -2.18. The Morgan fingerprint density at radius 3 is 2.29 bits per heavy atom. The topological polar surface area (TPSA) is 48.0 Å². The summed E-state index contributed by atoms with van der Waals surface area (Å²) in [6.07, 6.45) is 0. The van der Waals surface area contributed by atoms with E-state index < -0.39 is 0 Å². The van der Waals surface area contributed by atoms with Gasteiger partial charge in [-0.25, -0.2) is 0 Å². The molecule has 0 atom stereocenters. The maximum absolute atomic E-state index is 12.7. The molecule has 0 aliphatic heterocycles. The van der Waals surface area contributed by atoms with Gasteiger partial charge in [0.05, 0.1) is 5.69 Å². The van der Waals surface area contributed by atoms with Gasteiger partial charge < -0.3 is 10.3 Å². The second-order valence-electron chi connectivity index (χ2n) is 6.07. The van der Waals surface area contributed by atoms with Crippen LogP contribution in [0.5, 0.6) is 0 Å². The molecule has 0 aliphatic rings. The molecule has 21 heavy (non-hydrogen) atoms. The van der Waals surface area contributed by atoms with Crippen LogP contribution in [0.15, 0.2) is 35.1 Å². The van der Waals surface area contributed by atoms with Crippen LogP contribution in [-0.4, -0.2) is 4.57 Å². The fourth-order valence-corrected chi connectivity index (χ4v) is 2.57. The Balaban J connectivity index is 2.69. The third-order valence-corrected chi connectivity index (χ3v) is 3.72. The molecule has 0 unspecified atom stereocenters. The van der Waals surface area contributed by atoms with E-state index in [1.54, 1.807) is 0 Å². The number of pyridine rings is 1. The van der Waals surface area contributed by atoms with E-state index in [0.717, 1.165) is 16.8 Å². The zero-order valence-electron chi connectivity index (χ0n) is 13.3. The molecule has 1 heterocycles. The van der Waals surface area contributed by atoms with Crippen LogP contribution < -0.4 is 11.3 Å². The second-order valence-corrected chi connectivity index (χ2v) is 6.07. The van der Waals surface area contributed by atoms with E-state index in [-0.39, 0.29) is 12.1 Å². The quantitative estimate of drug-likeness (QED) is 0.937. The first-order valence-electron chi connectivity index (χ1n) is 7.44. The van der Waals surface area contributed by atoms with Gasteiger partial charge in [0.25, 0.3) is 5.56 Å². The normalized spacial score (nSPS) is 11.1. The van der Waals surface area contributed by atoms with Gasteiger partial charge in [0.1, 0.15) is 0 Å². The van der Waals surface area contributed by atoms with Gasteiger partial charge in [-0.2, -0.15) is 0 Å². The van der Waals surface area contributed by atoms with Crippen LogP contribution in [-0.2, 0) is 13.1 Å². The van der Waals surface area contributed by atoms with Gasteiger partial charge >= 0.3 is 0 Å². The highest BCUT2D eigenvalue weighted by atomic mass is 16.1. The summed E-state index contributed by atoms with van der Waals surface area (Å²) >= 11 is 0. The van der Waals surface area contributed by atoms with E-state index in [1.165, 1.54) is 5.56 Å². The molecular weight excluding hydrogens is 260 g/mol. The number of nitrogens with two attached hydrogens (primary N) is 1. The Hall–Kier alpha value is -1.87. The van der Waals surface area contributed by atoms with Crippen molar-refractivity contribution >= 4 is 0 Å². The highest BCUT2D eigenvalue weighted by Gasteiger charge is 2.13. The van der Waals surface area contributed by atoms with Crippen LogP contribution in [0, 0.1) is 19.8 Å². The number of aromatic nitrogens is 1. The summed E-state index contributed by atoms with van der Waals surface area (Å²) in [5.74, 6) is 0.403. The van der Waals surface area contributed by atoms with Crippen molar-refractivity contribution < 1.29 is 0 Å². The molecule has 1 aromatic heterocycles. The minimum Gasteiger partial charge on any atom is -0.326 e. The molecule has 2 aromatic rings. The molecule has 0 spiro atoms. The molecule has 112 valence electrons. The molecule has 1 aromatic carbocycles. The van der Waals surface area contributed by atoms with Crippen molar-refractivity contribution in [3.8, 4) is 11.3 Å². The van der Waals surface area contributed by atoms with Gasteiger partial charge in [0, 0.05) is 18.7 Å². The monoisotopic (exact) mass is 284 g/mol. The summed E-state index contributed by atoms with van der Waals surface area (Å²) in [5, 5.41) is 0. The maximum Gasteiger partial charge on any atom is 0.255 e. The van der Waals surface area contributed by atoms with Crippen molar-refractivity contribution in [1.29, 1.82) is 0 Å². The van der Waals surface area contributed by atoms with E-state index in [9.17, 15) is 4.79 Å². The average molecular weight is 284 g/mol. The average Bonchev–Trinajstić information content (AvgIpc) is 2.43. The molecule has 0 aliphatic carbocycles. The minimum absolute atomic E-state index is 0.0433. The molecule has 0 saturated carbocycles. The van der Waals surface area contributed by atoms with Crippen LogP contribution in [0.4, 0.5) is 0 Å². The summed E-state index contributed by atoms with van der Waals surface area (Å²) in [4.78, 5) is 12.7. The first-order chi connectivity index (χ1) is 9.93. The number of rotatable bonds is 4. The van der Waals surface area contributed by atoms with Gasteiger partial charge in [-0.1, -0.05) is 43.7 Å². The zero-order chi connectivity index (χ0) is 15.6. The van der Waals surface area contributed by atoms with E-state index in [0.29, 0.717) is 18.0 Å². The summed E-state index contributed by atoms with van der Waals surface area (Å²) in [7, 11) is 0. The second kappa shape index (κ2) is 6.27. The third kappa shape index (κ3) is 3.24. The maximum atomic E-state index is 12.7. The number of benzene rings is 1. The van der Waals surface area contributed by atoms with Gasteiger partial charge in [-0.15, -0.1) is 0 Å². The van der Waals surface area contributed by atoms with Crippen LogP contribution in [0.2, 0.25) is 0 Å². The van der Waals surface area contributed by atoms with E-state index >= 15 is 0 Å². The fraction of sp³-hybridized carbons (Fsp3) is 0.389. The molecule has 0 amide bonds. The number of nitrogens with zero attached hydrogens (tertiary/aromatic N) is 1. The standard InChI is InChI=1S/C18H24N2O/c1-12(2)11-20-17(15-7-5-13(3)6-8-15)9-14(4)16(10-19)18(20)21/h5-9,12H,10-11,19H2,1-4H3. The Labute approximate surface area is 126 Å². The molecular formula is C18H24N2O. The lowest BCUT2D eigenvalue weighted by atomic mass is 10.0.